The van der Waals surface area contributed by atoms with Gasteiger partial charge in [-0.1, -0.05) is 0 Å². The molecule has 0 atom stereocenters. The summed E-state index contributed by atoms with van der Waals surface area (Å²) in [7, 11) is 0. The van der Waals surface area contributed by atoms with Crippen LogP contribution in [0.1, 0.15) is 27.4 Å². The quantitative estimate of drug-likeness (QED) is 0.589. The lowest BCUT2D eigenvalue weighted by Crippen LogP contribution is -2.17. The molecule has 0 aliphatic carbocycles. The van der Waals surface area contributed by atoms with Crippen LogP contribution in [0.25, 0.3) is 0 Å². The molecule has 0 unspecified atom stereocenters. The highest BCUT2D eigenvalue weighted by molar-refractivity contribution is 9.11. The van der Waals surface area contributed by atoms with Crippen molar-refractivity contribution < 1.29 is 14.3 Å². The summed E-state index contributed by atoms with van der Waals surface area (Å²) in [6, 6.07) is 5.03. The first kappa shape index (κ1) is 15.8. The molecule has 0 fully saturated rings. The SMILES string of the molecule is Cc1cc(C(=O)NN=Cc2cc(Br)c(O)c(Br)c2)c(C)o1. The molecule has 1 aromatic carbocycles. The standard InChI is InChI=1S/C14H12Br2N2O3/c1-7-3-10(8(2)21-7)14(20)18-17-6-9-4-11(15)13(19)12(16)5-9/h3-6,19H,1-2H3,(H,18,20). The molecule has 0 spiro atoms. The Labute approximate surface area is 138 Å². The zero-order valence-electron chi connectivity index (χ0n) is 11.3. The number of benzene rings is 1. The van der Waals surface area contributed by atoms with E-state index in [1.165, 1.54) is 6.21 Å². The number of aryl methyl sites for hydroxylation is 2. The van der Waals surface area contributed by atoms with E-state index in [9.17, 15) is 9.90 Å². The molecule has 1 heterocycles. The van der Waals surface area contributed by atoms with Gasteiger partial charge in [0.2, 0.25) is 0 Å². The van der Waals surface area contributed by atoms with Crippen LogP contribution in [0.4, 0.5) is 0 Å². The van der Waals surface area contributed by atoms with Crippen molar-refractivity contribution in [1.29, 1.82) is 0 Å². The molecule has 1 aromatic heterocycles. The first-order chi connectivity index (χ1) is 9.88. The molecule has 5 nitrogen and oxygen atoms in total. The molecular formula is C14H12Br2N2O3. The summed E-state index contributed by atoms with van der Waals surface area (Å²) < 4.78 is 6.36. The van der Waals surface area contributed by atoms with E-state index >= 15 is 0 Å². The van der Waals surface area contributed by atoms with E-state index in [0.29, 0.717) is 31.6 Å². The van der Waals surface area contributed by atoms with Crippen molar-refractivity contribution in [3.63, 3.8) is 0 Å². The van der Waals surface area contributed by atoms with Crippen LogP contribution in [-0.2, 0) is 0 Å². The number of nitrogens with one attached hydrogen (secondary N) is 1. The Balaban J connectivity index is 2.09. The Kier molecular flexibility index (Phi) is 4.84. The number of aromatic hydroxyl groups is 1. The minimum Gasteiger partial charge on any atom is -0.506 e. The molecule has 2 N–H and O–H groups in total. The van der Waals surface area contributed by atoms with Crippen LogP contribution in [0.3, 0.4) is 0 Å². The molecular weight excluding hydrogens is 404 g/mol. The summed E-state index contributed by atoms with van der Waals surface area (Å²) in [5.74, 6) is 1.00. The van der Waals surface area contributed by atoms with Crippen molar-refractivity contribution in [3.05, 3.63) is 49.8 Å². The molecule has 0 aliphatic rings. The zero-order chi connectivity index (χ0) is 15.6. The molecule has 0 bridgehead atoms. The van der Waals surface area contributed by atoms with Crippen LogP contribution < -0.4 is 5.43 Å². The number of phenols is 1. The van der Waals surface area contributed by atoms with Gasteiger partial charge in [0.05, 0.1) is 20.7 Å². The minimum absolute atomic E-state index is 0.112. The van der Waals surface area contributed by atoms with Gasteiger partial charge in [-0.25, -0.2) is 5.43 Å². The fourth-order valence-corrected chi connectivity index (χ4v) is 2.96. The van der Waals surface area contributed by atoms with E-state index in [4.69, 9.17) is 4.42 Å². The number of hydrogen-bond acceptors (Lipinski definition) is 4. The van der Waals surface area contributed by atoms with Gasteiger partial charge in [0.15, 0.2) is 0 Å². The summed E-state index contributed by atoms with van der Waals surface area (Å²) >= 11 is 6.45. The van der Waals surface area contributed by atoms with Crippen LogP contribution in [0.15, 0.2) is 36.7 Å². The summed E-state index contributed by atoms with van der Waals surface area (Å²) in [6.45, 7) is 3.50. The molecule has 2 aromatic rings. The summed E-state index contributed by atoms with van der Waals surface area (Å²) in [5.41, 5.74) is 3.60. The van der Waals surface area contributed by atoms with E-state index in [-0.39, 0.29) is 11.7 Å². The Morgan fingerprint density at radius 2 is 1.90 bits per heavy atom. The van der Waals surface area contributed by atoms with Gasteiger partial charge in [0.1, 0.15) is 17.3 Å². The lowest BCUT2D eigenvalue weighted by Gasteiger charge is -2.02. The number of nitrogens with zero attached hydrogens (tertiary/aromatic N) is 1. The Bertz CT molecular complexity index is 700. The lowest BCUT2D eigenvalue weighted by atomic mass is 10.2. The van der Waals surface area contributed by atoms with Crippen LogP contribution in [0.5, 0.6) is 5.75 Å². The van der Waals surface area contributed by atoms with Crippen LogP contribution >= 0.6 is 31.9 Å². The van der Waals surface area contributed by atoms with Crippen LogP contribution in [0.2, 0.25) is 0 Å². The van der Waals surface area contributed by atoms with Gasteiger partial charge in [0.25, 0.3) is 5.91 Å². The van der Waals surface area contributed by atoms with Crippen molar-refractivity contribution in [2.24, 2.45) is 5.10 Å². The number of hydrazone groups is 1. The third-order valence-corrected chi connectivity index (χ3v) is 3.91. The lowest BCUT2D eigenvalue weighted by molar-refractivity contribution is 0.0953. The van der Waals surface area contributed by atoms with E-state index in [1.54, 1.807) is 32.0 Å². The summed E-state index contributed by atoms with van der Waals surface area (Å²) in [6.07, 6.45) is 1.48. The molecule has 110 valence electrons. The van der Waals surface area contributed by atoms with E-state index < -0.39 is 0 Å². The van der Waals surface area contributed by atoms with E-state index in [0.717, 1.165) is 0 Å². The maximum Gasteiger partial charge on any atom is 0.274 e. The fourth-order valence-electron chi connectivity index (χ4n) is 1.74. The van der Waals surface area contributed by atoms with E-state index in [1.807, 2.05) is 0 Å². The number of hydrogen-bond donors (Lipinski definition) is 2. The number of carbonyl (C=O) groups excluding carboxylic acids is 1. The number of furan rings is 1. The third-order valence-electron chi connectivity index (χ3n) is 2.70. The molecule has 0 aliphatic heterocycles. The van der Waals surface area contributed by atoms with Gasteiger partial charge in [-0.05, 0) is 69.5 Å². The van der Waals surface area contributed by atoms with E-state index in [2.05, 4.69) is 42.4 Å². The third kappa shape index (κ3) is 3.74. The Hall–Kier alpha value is -1.60. The highest BCUT2D eigenvalue weighted by atomic mass is 79.9. The second-order valence-corrected chi connectivity index (χ2v) is 6.07. The zero-order valence-corrected chi connectivity index (χ0v) is 14.4. The largest absolute Gasteiger partial charge is 0.506 e. The molecule has 21 heavy (non-hydrogen) atoms. The maximum absolute atomic E-state index is 11.9. The normalized spacial score (nSPS) is 11.0. The second kappa shape index (κ2) is 6.44. The number of halogens is 2. The predicted octanol–water partition coefficient (Wildman–Crippen LogP) is 3.89. The van der Waals surface area contributed by atoms with Gasteiger partial charge in [0, 0.05) is 0 Å². The van der Waals surface area contributed by atoms with Gasteiger partial charge in [-0.15, -0.1) is 0 Å². The average Bonchev–Trinajstić information content (AvgIpc) is 2.75. The minimum atomic E-state index is -0.336. The number of rotatable bonds is 3. The molecule has 0 saturated carbocycles. The predicted molar refractivity (Wildman–Crippen MR) is 86.7 cm³/mol. The highest BCUT2D eigenvalue weighted by Crippen LogP contribution is 2.32. The maximum atomic E-state index is 11.9. The highest BCUT2D eigenvalue weighted by Gasteiger charge is 2.12. The van der Waals surface area contributed by atoms with Crippen LogP contribution in [0, 0.1) is 13.8 Å². The molecule has 1 amide bonds. The average molecular weight is 416 g/mol. The van der Waals surface area contributed by atoms with Crippen molar-refractivity contribution in [3.8, 4) is 5.75 Å². The number of amides is 1. The monoisotopic (exact) mass is 414 g/mol. The van der Waals surface area contributed by atoms with Crippen molar-refractivity contribution >= 4 is 44.0 Å². The smallest absolute Gasteiger partial charge is 0.274 e. The van der Waals surface area contributed by atoms with Gasteiger partial charge < -0.3 is 9.52 Å². The van der Waals surface area contributed by atoms with Gasteiger partial charge in [-0.3, -0.25) is 4.79 Å². The first-order valence-corrected chi connectivity index (χ1v) is 7.55. The molecule has 7 heteroatoms. The Morgan fingerprint density at radius 3 is 2.43 bits per heavy atom. The topological polar surface area (TPSA) is 74.8 Å². The molecule has 0 saturated heterocycles. The van der Waals surface area contributed by atoms with Gasteiger partial charge >= 0.3 is 0 Å². The number of phenolic OH excluding ortho intramolecular Hbond substituents is 1. The van der Waals surface area contributed by atoms with Crippen molar-refractivity contribution in [2.75, 3.05) is 0 Å². The Morgan fingerprint density at radius 1 is 1.29 bits per heavy atom. The number of carbonyl (C=O) groups is 1. The fraction of sp³-hybridized carbons (Fsp3) is 0.143. The van der Waals surface area contributed by atoms with Crippen LogP contribution in [-0.4, -0.2) is 17.2 Å². The first-order valence-electron chi connectivity index (χ1n) is 5.97. The van der Waals surface area contributed by atoms with Crippen molar-refractivity contribution in [2.45, 2.75) is 13.8 Å². The summed E-state index contributed by atoms with van der Waals surface area (Å²) in [5, 5.41) is 13.5. The molecule has 0 radical (unpaired) electrons. The molecule has 2 rings (SSSR count). The summed E-state index contributed by atoms with van der Waals surface area (Å²) in [4.78, 5) is 11.9. The second-order valence-electron chi connectivity index (χ2n) is 4.36. The van der Waals surface area contributed by atoms with Crippen molar-refractivity contribution in [1.82, 2.24) is 5.43 Å². The van der Waals surface area contributed by atoms with Gasteiger partial charge in [-0.2, -0.15) is 5.10 Å².